The minimum absolute atomic E-state index is 0.425. The first-order valence-corrected chi connectivity index (χ1v) is 5.78. The minimum Gasteiger partial charge on any atom is -0.356 e. The molecular weight excluding hydrogens is 240 g/mol. The summed E-state index contributed by atoms with van der Waals surface area (Å²) in [5.41, 5.74) is 10.7. The molecule has 0 amide bonds. The summed E-state index contributed by atoms with van der Waals surface area (Å²) < 4.78 is 0. The number of nitrogens with one attached hydrogen (secondary N) is 4. The van der Waals surface area contributed by atoms with Crippen molar-refractivity contribution in [3.63, 3.8) is 0 Å². The summed E-state index contributed by atoms with van der Waals surface area (Å²) in [4.78, 5) is 13.4. The van der Waals surface area contributed by atoms with Gasteiger partial charge in [0.2, 0.25) is 0 Å². The summed E-state index contributed by atoms with van der Waals surface area (Å²) in [6.07, 6.45) is 4.97. The molecule has 0 saturated carbocycles. The second kappa shape index (κ2) is 4.77. The van der Waals surface area contributed by atoms with Crippen molar-refractivity contribution in [2.75, 3.05) is 0 Å². The van der Waals surface area contributed by atoms with Gasteiger partial charge >= 0.3 is 0 Å². The van der Waals surface area contributed by atoms with Gasteiger partial charge in [-0.25, -0.2) is 10.5 Å². The van der Waals surface area contributed by atoms with Crippen LogP contribution in [0.2, 0.25) is 0 Å². The van der Waals surface area contributed by atoms with Crippen LogP contribution in [0.5, 0.6) is 0 Å². The molecule has 19 heavy (non-hydrogen) atoms. The Morgan fingerprint density at radius 2 is 1.89 bits per heavy atom. The van der Waals surface area contributed by atoms with Crippen molar-refractivity contribution < 1.29 is 0 Å². The number of benzene rings is 1. The molecule has 0 fully saturated rings. The van der Waals surface area contributed by atoms with Gasteiger partial charge < -0.3 is 15.0 Å². The zero-order chi connectivity index (χ0) is 13.1. The minimum atomic E-state index is 0.425. The monoisotopic (exact) mass is 252 g/mol. The van der Waals surface area contributed by atoms with E-state index in [1.807, 2.05) is 30.3 Å². The first-order valence-electron chi connectivity index (χ1n) is 5.78. The Hall–Kier alpha value is -2.89. The molecule has 1 aromatic carbocycles. The van der Waals surface area contributed by atoms with E-state index in [0.29, 0.717) is 5.82 Å². The van der Waals surface area contributed by atoms with Gasteiger partial charge in [-0.15, -0.1) is 5.11 Å². The highest BCUT2D eigenvalue weighted by molar-refractivity contribution is 5.75. The van der Waals surface area contributed by atoms with Gasteiger partial charge in [0.1, 0.15) is 0 Å². The number of hydrogen-bond donors (Lipinski definition) is 4. The van der Waals surface area contributed by atoms with Gasteiger partial charge in [-0.1, -0.05) is 30.3 Å². The quantitative estimate of drug-likeness (QED) is 0.515. The lowest BCUT2D eigenvalue weighted by Gasteiger charge is -2.06. The maximum atomic E-state index is 7.12. The number of hydrogen-bond acceptors (Lipinski definition) is 3. The van der Waals surface area contributed by atoms with Crippen molar-refractivity contribution in [1.29, 1.82) is 5.53 Å². The number of rotatable bonds is 2. The molecule has 2 aliphatic heterocycles. The molecule has 0 bridgehead atoms. The van der Waals surface area contributed by atoms with Crippen LogP contribution in [0.25, 0.3) is 22.6 Å². The van der Waals surface area contributed by atoms with Crippen molar-refractivity contribution >= 4 is 5.82 Å². The molecule has 2 heterocycles. The lowest BCUT2D eigenvalue weighted by molar-refractivity contribution is 1.08. The van der Waals surface area contributed by atoms with E-state index in [4.69, 9.17) is 5.53 Å². The number of nitrogens with zero attached hydrogens (tertiary/aromatic N) is 2. The molecule has 0 spiro atoms. The zero-order valence-electron chi connectivity index (χ0n) is 10.0. The Morgan fingerprint density at radius 3 is 2.68 bits per heavy atom. The molecule has 0 unspecified atom stereocenters. The predicted octanol–water partition coefficient (Wildman–Crippen LogP) is 3.62. The van der Waals surface area contributed by atoms with Crippen molar-refractivity contribution in [2.45, 2.75) is 0 Å². The smallest absolute Gasteiger partial charge is 0.168 e. The topological polar surface area (TPSA) is 96.5 Å². The van der Waals surface area contributed by atoms with Gasteiger partial charge in [-0.3, -0.25) is 0 Å². The highest BCUT2D eigenvalue weighted by Crippen LogP contribution is 2.28. The summed E-state index contributed by atoms with van der Waals surface area (Å²) in [6.45, 7) is 0. The Balaban J connectivity index is 2.32. The Bertz CT molecular complexity index is 704. The van der Waals surface area contributed by atoms with E-state index < -0.39 is 0 Å². The third-order valence-corrected chi connectivity index (χ3v) is 2.81. The van der Waals surface area contributed by atoms with Crippen molar-refractivity contribution in [2.24, 2.45) is 5.11 Å². The molecule has 3 rings (SSSR count). The average molecular weight is 252 g/mol. The molecule has 0 aliphatic carbocycles. The van der Waals surface area contributed by atoms with Crippen molar-refractivity contribution in [1.82, 2.24) is 19.9 Å². The van der Waals surface area contributed by atoms with Crippen LogP contribution in [-0.4, -0.2) is 19.9 Å². The fourth-order valence-electron chi connectivity index (χ4n) is 1.94. The van der Waals surface area contributed by atoms with E-state index in [0.717, 1.165) is 22.6 Å². The van der Waals surface area contributed by atoms with Crippen LogP contribution in [0.4, 0.5) is 5.82 Å². The summed E-state index contributed by atoms with van der Waals surface area (Å²) in [5, 5.41) is 3.42. The molecule has 6 nitrogen and oxygen atoms in total. The molecule has 1 aromatic rings. The van der Waals surface area contributed by atoms with Crippen LogP contribution < -0.4 is 0 Å². The summed E-state index contributed by atoms with van der Waals surface area (Å²) in [7, 11) is 0. The van der Waals surface area contributed by atoms with Crippen LogP contribution in [0.3, 0.4) is 0 Å². The van der Waals surface area contributed by atoms with E-state index >= 15 is 0 Å². The van der Waals surface area contributed by atoms with Crippen molar-refractivity contribution in [3.8, 4) is 22.6 Å². The van der Waals surface area contributed by atoms with E-state index in [9.17, 15) is 0 Å². The molecule has 0 radical (unpaired) electrons. The third kappa shape index (κ3) is 2.11. The fraction of sp³-hybridized carbons (Fsp3) is 0. The molecule has 94 valence electrons. The van der Waals surface area contributed by atoms with Crippen LogP contribution in [-0.2, 0) is 0 Å². The molecule has 0 atom stereocenters. The highest BCUT2D eigenvalue weighted by atomic mass is 15.1. The van der Waals surface area contributed by atoms with E-state index in [1.54, 1.807) is 18.7 Å². The second-order valence-electron chi connectivity index (χ2n) is 3.99. The Labute approximate surface area is 109 Å². The number of aromatic nitrogens is 4. The number of H-pyrrole nitrogens is 3. The lowest BCUT2D eigenvalue weighted by atomic mass is 10.1. The SMILES string of the molecule is N=Nc1c[nH]c(-c2ccccc2)c2[nH]cncc-2[nH]1. The first kappa shape index (κ1) is 11.2. The van der Waals surface area contributed by atoms with Gasteiger partial charge in [0.15, 0.2) is 5.82 Å². The molecule has 2 aliphatic rings. The van der Waals surface area contributed by atoms with Crippen LogP contribution in [0.1, 0.15) is 0 Å². The summed E-state index contributed by atoms with van der Waals surface area (Å²) in [5.74, 6) is 0.425. The highest BCUT2D eigenvalue weighted by Gasteiger charge is 2.09. The van der Waals surface area contributed by atoms with Crippen molar-refractivity contribution in [3.05, 3.63) is 49.1 Å². The van der Waals surface area contributed by atoms with Gasteiger partial charge in [-0.05, 0) is 0 Å². The third-order valence-electron chi connectivity index (χ3n) is 2.81. The normalized spacial score (nSPS) is 10.3. The standard InChI is InChI=1S/C13H12N6/c14-19-11-7-16-12(9-4-2-1-3-5-9)13-10(18-11)6-15-8-17-13/h1-8,14,16,18H,(H,15,17). The van der Waals surface area contributed by atoms with Gasteiger partial charge in [-0.2, -0.15) is 0 Å². The van der Waals surface area contributed by atoms with E-state index in [1.165, 1.54) is 0 Å². The van der Waals surface area contributed by atoms with Crippen LogP contribution in [0, 0.1) is 5.53 Å². The molecule has 0 aromatic heterocycles. The lowest BCUT2D eigenvalue weighted by Crippen LogP contribution is -1.92. The van der Waals surface area contributed by atoms with E-state index in [-0.39, 0.29) is 0 Å². The Kier molecular flexibility index (Phi) is 2.82. The van der Waals surface area contributed by atoms with Gasteiger partial charge in [0.05, 0.1) is 29.6 Å². The fourth-order valence-corrected chi connectivity index (χ4v) is 1.94. The molecule has 4 N–H and O–H groups in total. The number of fused-ring (bicyclic) bond motifs is 1. The molecule has 0 saturated heterocycles. The summed E-state index contributed by atoms with van der Waals surface area (Å²) in [6, 6.07) is 9.94. The van der Waals surface area contributed by atoms with Crippen LogP contribution in [0.15, 0.2) is 54.2 Å². The maximum Gasteiger partial charge on any atom is 0.168 e. The zero-order valence-corrected chi connectivity index (χ0v) is 10.0. The summed E-state index contributed by atoms with van der Waals surface area (Å²) >= 11 is 0. The maximum absolute atomic E-state index is 7.12. The van der Waals surface area contributed by atoms with Gasteiger partial charge in [0.25, 0.3) is 0 Å². The van der Waals surface area contributed by atoms with Crippen LogP contribution >= 0.6 is 0 Å². The molecular formula is C13H12N6. The molecule has 6 heteroatoms. The van der Waals surface area contributed by atoms with Gasteiger partial charge in [0, 0.05) is 11.8 Å². The first-order chi connectivity index (χ1) is 9.38. The second-order valence-corrected chi connectivity index (χ2v) is 3.99. The number of aromatic amines is 3. The van der Waals surface area contributed by atoms with E-state index in [2.05, 4.69) is 25.1 Å². The average Bonchev–Trinajstić information content (AvgIpc) is 2.67. The Morgan fingerprint density at radius 1 is 1.05 bits per heavy atom. The largest absolute Gasteiger partial charge is 0.356 e. The predicted molar refractivity (Wildman–Crippen MR) is 71.8 cm³/mol.